The lowest BCUT2D eigenvalue weighted by atomic mass is 10.1. The third-order valence-corrected chi connectivity index (χ3v) is 4.59. The van der Waals surface area contributed by atoms with Crippen molar-refractivity contribution in [2.45, 2.75) is 65.7 Å². The van der Waals surface area contributed by atoms with Gasteiger partial charge in [0.2, 0.25) is 5.91 Å². The highest BCUT2D eigenvalue weighted by Crippen LogP contribution is 2.21. The zero-order valence-corrected chi connectivity index (χ0v) is 14.3. The molecule has 1 rings (SSSR count). The summed E-state index contributed by atoms with van der Waals surface area (Å²) < 4.78 is 0. The number of carbonyl (C=O) groups is 1. The van der Waals surface area contributed by atoms with E-state index in [9.17, 15) is 4.79 Å². The molecule has 2 nitrogen and oxygen atoms in total. The Morgan fingerprint density at radius 2 is 2.05 bits per heavy atom. The van der Waals surface area contributed by atoms with Crippen LogP contribution >= 0.6 is 11.8 Å². The summed E-state index contributed by atoms with van der Waals surface area (Å²) in [5.74, 6) is 2.00. The van der Waals surface area contributed by atoms with E-state index in [2.05, 4.69) is 31.1 Å². The molecule has 116 valence electrons. The molecule has 0 unspecified atom stereocenters. The van der Waals surface area contributed by atoms with Gasteiger partial charge in [-0.15, -0.1) is 11.8 Å². The molecule has 0 radical (unpaired) electrons. The van der Waals surface area contributed by atoms with Crippen molar-refractivity contribution >= 4 is 17.7 Å². The lowest BCUT2D eigenvalue weighted by Gasteiger charge is -2.23. The first-order valence-electron chi connectivity index (χ1n) is 8.25. The van der Waals surface area contributed by atoms with Crippen LogP contribution in [0.25, 0.3) is 0 Å². The number of rotatable bonds is 8. The number of amides is 1. The number of hydrogen-bond acceptors (Lipinski definition) is 2. The van der Waals surface area contributed by atoms with Gasteiger partial charge < -0.3 is 4.90 Å². The predicted octanol–water partition coefficient (Wildman–Crippen LogP) is 4.85. The number of carbonyl (C=O) groups excluding carboxylic acids is 1. The molecule has 0 aliphatic carbocycles. The second-order valence-corrected chi connectivity index (χ2v) is 7.15. The molecule has 1 amide bonds. The first-order chi connectivity index (χ1) is 9.65. The maximum absolute atomic E-state index is 12.5. The van der Waals surface area contributed by atoms with Gasteiger partial charge in [0.1, 0.15) is 0 Å². The Morgan fingerprint density at radius 1 is 1.25 bits per heavy atom. The summed E-state index contributed by atoms with van der Waals surface area (Å²) in [7, 11) is 0. The van der Waals surface area contributed by atoms with Crippen molar-refractivity contribution in [3.63, 3.8) is 0 Å². The van der Waals surface area contributed by atoms with Crippen LogP contribution in [-0.4, -0.2) is 29.6 Å². The molecule has 0 bridgehead atoms. The number of hydrogen-bond donors (Lipinski definition) is 0. The molecule has 1 fully saturated rings. The fraction of sp³-hybridized carbons (Fsp3) is 0.824. The van der Waals surface area contributed by atoms with E-state index in [1.165, 1.54) is 25.7 Å². The standard InChI is InChI=1S/C17H31NOS/c1-4-5-6-9-12-20-14-16-10-7-8-11-18(17(16)19)13-15(2)3/h14-15H,4-13H2,1-3H3/b16-14-. The van der Waals surface area contributed by atoms with Crippen molar-refractivity contribution < 1.29 is 4.79 Å². The van der Waals surface area contributed by atoms with Gasteiger partial charge in [-0.1, -0.05) is 40.0 Å². The molecule has 0 N–H and O–H groups in total. The van der Waals surface area contributed by atoms with Crippen LogP contribution in [-0.2, 0) is 4.79 Å². The molecule has 0 aromatic rings. The molecule has 1 aliphatic rings. The first kappa shape index (κ1) is 17.6. The molecule has 0 aromatic heterocycles. The van der Waals surface area contributed by atoms with Crippen LogP contribution < -0.4 is 0 Å². The highest BCUT2D eigenvalue weighted by Gasteiger charge is 2.21. The minimum absolute atomic E-state index is 0.289. The van der Waals surface area contributed by atoms with Gasteiger partial charge in [-0.2, -0.15) is 0 Å². The molecule has 0 atom stereocenters. The van der Waals surface area contributed by atoms with E-state index in [4.69, 9.17) is 0 Å². The number of thioether (sulfide) groups is 1. The molecule has 0 saturated carbocycles. The van der Waals surface area contributed by atoms with E-state index in [-0.39, 0.29) is 5.91 Å². The summed E-state index contributed by atoms with van der Waals surface area (Å²) in [5.41, 5.74) is 1.05. The van der Waals surface area contributed by atoms with Gasteiger partial charge in [-0.3, -0.25) is 4.79 Å². The van der Waals surface area contributed by atoms with Crippen LogP contribution in [0.1, 0.15) is 65.7 Å². The van der Waals surface area contributed by atoms with Gasteiger partial charge in [0.15, 0.2) is 0 Å². The van der Waals surface area contributed by atoms with Gasteiger partial charge in [-0.05, 0) is 42.8 Å². The van der Waals surface area contributed by atoms with E-state index in [0.717, 1.165) is 43.7 Å². The topological polar surface area (TPSA) is 20.3 Å². The average molecular weight is 298 g/mol. The largest absolute Gasteiger partial charge is 0.339 e. The Labute approximate surface area is 129 Å². The number of nitrogens with zero attached hydrogens (tertiary/aromatic N) is 1. The van der Waals surface area contributed by atoms with E-state index >= 15 is 0 Å². The molecule has 0 aromatic carbocycles. The predicted molar refractivity (Wildman–Crippen MR) is 90.0 cm³/mol. The fourth-order valence-corrected chi connectivity index (χ4v) is 3.43. The minimum Gasteiger partial charge on any atom is -0.339 e. The van der Waals surface area contributed by atoms with Gasteiger partial charge >= 0.3 is 0 Å². The third-order valence-electron chi connectivity index (χ3n) is 3.61. The van der Waals surface area contributed by atoms with Crippen LogP contribution in [0.5, 0.6) is 0 Å². The number of likely N-dealkylation sites (tertiary alicyclic amines) is 1. The van der Waals surface area contributed by atoms with Crippen molar-refractivity contribution in [1.29, 1.82) is 0 Å². The molecule has 1 saturated heterocycles. The van der Waals surface area contributed by atoms with Crippen molar-refractivity contribution in [2.24, 2.45) is 5.92 Å². The van der Waals surface area contributed by atoms with Crippen molar-refractivity contribution in [3.05, 3.63) is 11.0 Å². The van der Waals surface area contributed by atoms with Crippen molar-refractivity contribution in [3.8, 4) is 0 Å². The van der Waals surface area contributed by atoms with E-state index in [0.29, 0.717) is 5.92 Å². The zero-order chi connectivity index (χ0) is 14.8. The SMILES string of the molecule is CCCCCCS/C=C1/CCCCN(CC(C)C)C1=O. The summed E-state index contributed by atoms with van der Waals surface area (Å²) in [6.07, 6.45) is 8.48. The summed E-state index contributed by atoms with van der Waals surface area (Å²) in [5, 5.41) is 2.15. The van der Waals surface area contributed by atoms with Gasteiger partial charge in [0.25, 0.3) is 0 Å². The van der Waals surface area contributed by atoms with Crippen LogP contribution in [0.2, 0.25) is 0 Å². The molecule has 20 heavy (non-hydrogen) atoms. The first-order valence-corrected chi connectivity index (χ1v) is 9.30. The van der Waals surface area contributed by atoms with E-state index in [1.54, 1.807) is 0 Å². The normalized spacial score (nSPS) is 18.9. The van der Waals surface area contributed by atoms with Crippen LogP contribution in [0.3, 0.4) is 0 Å². The van der Waals surface area contributed by atoms with Crippen LogP contribution in [0.15, 0.2) is 11.0 Å². The van der Waals surface area contributed by atoms with E-state index in [1.807, 2.05) is 11.8 Å². The van der Waals surface area contributed by atoms with Crippen LogP contribution in [0, 0.1) is 5.92 Å². The molecule has 1 aliphatic heterocycles. The second kappa shape index (κ2) is 10.3. The molecular formula is C17H31NOS. The van der Waals surface area contributed by atoms with Crippen LogP contribution in [0.4, 0.5) is 0 Å². The summed E-state index contributed by atoms with van der Waals surface area (Å²) in [4.78, 5) is 14.5. The summed E-state index contributed by atoms with van der Waals surface area (Å²) in [6.45, 7) is 8.45. The highest BCUT2D eigenvalue weighted by molar-refractivity contribution is 8.02. The fourth-order valence-electron chi connectivity index (χ4n) is 2.53. The Balaban J connectivity index is 2.43. The average Bonchev–Trinajstić information content (AvgIpc) is 2.57. The lowest BCUT2D eigenvalue weighted by molar-refractivity contribution is -0.127. The smallest absolute Gasteiger partial charge is 0.250 e. The minimum atomic E-state index is 0.289. The Kier molecular flexibility index (Phi) is 9.08. The van der Waals surface area contributed by atoms with Crippen molar-refractivity contribution in [1.82, 2.24) is 4.90 Å². The van der Waals surface area contributed by atoms with Gasteiger partial charge in [-0.25, -0.2) is 0 Å². The quantitative estimate of drug-likeness (QED) is 0.471. The Bertz CT molecular complexity index is 312. The summed E-state index contributed by atoms with van der Waals surface area (Å²) in [6, 6.07) is 0. The van der Waals surface area contributed by atoms with Gasteiger partial charge in [0, 0.05) is 18.7 Å². The second-order valence-electron chi connectivity index (χ2n) is 6.18. The Morgan fingerprint density at radius 3 is 2.75 bits per heavy atom. The number of unbranched alkanes of at least 4 members (excludes halogenated alkanes) is 3. The molecule has 1 heterocycles. The molecule has 3 heteroatoms. The lowest BCUT2D eigenvalue weighted by Crippen LogP contribution is -2.34. The molecular weight excluding hydrogens is 266 g/mol. The van der Waals surface area contributed by atoms with Gasteiger partial charge in [0.05, 0.1) is 0 Å². The monoisotopic (exact) mass is 297 g/mol. The Hall–Kier alpha value is -0.440. The molecule has 0 spiro atoms. The van der Waals surface area contributed by atoms with Crippen molar-refractivity contribution in [2.75, 3.05) is 18.8 Å². The maximum Gasteiger partial charge on any atom is 0.250 e. The van der Waals surface area contributed by atoms with E-state index < -0.39 is 0 Å². The third kappa shape index (κ3) is 6.83. The maximum atomic E-state index is 12.5. The zero-order valence-electron chi connectivity index (χ0n) is 13.5. The highest BCUT2D eigenvalue weighted by atomic mass is 32.2. The summed E-state index contributed by atoms with van der Waals surface area (Å²) >= 11 is 1.83.